The smallest absolute Gasteiger partial charge is 0.319 e. The maximum absolute atomic E-state index is 12.0. The van der Waals surface area contributed by atoms with Crippen LogP contribution in [-0.4, -0.2) is 49.6 Å². The number of aryl methyl sites for hydroxylation is 1. The number of hydrogen-bond acceptors (Lipinski definition) is 6. The Labute approximate surface area is 192 Å². The third kappa shape index (κ3) is 5.23. The molecule has 1 atom stereocenters. The molecule has 2 heterocycles. The van der Waals surface area contributed by atoms with Crippen molar-refractivity contribution in [2.24, 2.45) is 4.99 Å². The predicted octanol–water partition coefficient (Wildman–Crippen LogP) is 4.45. The van der Waals surface area contributed by atoms with Crippen molar-refractivity contribution in [1.82, 2.24) is 10.3 Å². The molecule has 0 spiro atoms. The van der Waals surface area contributed by atoms with Crippen molar-refractivity contribution in [2.75, 3.05) is 25.6 Å². The number of nitrogens with zero attached hydrogens (tertiary/aromatic N) is 2. The normalized spacial score (nSPS) is 17.2. The minimum absolute atomic E-state index is 0.162. The molecule has 170 valence electrons. The summed E-state index contributed by atoms with van der Waals surface area (Å²) >= 11 is 0. The summed E-state index contributed by atoms with van der Waals surface area (Å²) in [6.07, 6.45) is 5.73. The second-order valence-corrected chi connectivity index (χ2v) is 8.32. The summed E-state index contributed by atoms with van der Waals surface area (Å²) in [6.45, 7) is 3.18. The van der Waals surface area contributed by atoms with Crippen LogP contribution >= 0.6 is 0 Å². The molecule has 1 unspecified atom stereocenters. The van der Waals surface area contributed by atoms with Gasteiger partial charge in [0.15, 0.2) is 0 Å². The molecular formula is C25H26N4O4. The van der Waals surface area contributed by atoms with E-state index in [0.29, 0.717) is 29.9 Å². The summed E-state index contributed by atoms with van der Waals surface area (Å²) in [5.41, 5.74) is 3.27. The van der Waals surface area contributed by atoms with Crippen molar-refractivity contribution in [3.8, 4) is 17.2 Å². The van der Waals surface area contributed by atoms with Crippen LogP contribution in [0.25, 0.3) is 10.9 Å². The first-order valence-corrected chi connectivity index (χ1v) is 11.0. The van der Waals surface area contributed by atoms with E-state index in [9.17, 15) is 4.79 Å². The molecule has 1 saturated carbocycles. The van der Waals surface area contributed by atoms with E-state index in [0.717, 1.165) is 47.2 Å². The van der Waals surface area contributed by atoms with Crippen LogP contribution in [0, 0.1) is 6.92 Å². The molecule has 1 aliphatic carbocycles. The summed E-state index contributed by atoms with van der Waals surface area (Å²) in [5.74, 6) is 2.06. The molecule has 2 fully saturated rings. The van der Waals surface area contributed by atoms with Gasteiger partial charge in [-0.1, -0.05) is 0 Å². The van der Waals surface area contributed by atoms with E-state index >= 15 is 0 Å². The highest BCUT2D eigenvalue weighted by Crippen LogP contribution is 2.34. The SMILES string of the molecule is CN=Cc1cc2c(Oc3ccc(NC(=O)NC4CC4)c(C)c3)ccnc2cc1OCC1CO1. The monoisotopic (exact) mass is 446 g/mol. The lowest BCUT2D eigenvalue weighted by atomic mass is 10.1. The molecule has 33 heavy (non-hydrogen) atoms. The van der Waals surface area contributed by atoms with Gasteiger partial charge in [0.2, 0.25) is 0 Å². The summed E-state index contributed by atoms with van der Waals surface area (Å²) in [5, 5.41) is 6.68. The molecule has 0 bridgehead atoms. The summed E-state index contributed by atoms with van der Waals surface area (Å²) in [4.78, 5) is 20.7. The maximum Gasteiger partial charge on any atom is 0.319 e. The second-order valence-electron chi connectivity index (χ2n) is 8.32. The highest BCUT2D eigenvalue weighted by Gasteiger charge is 2.24. The number of fused-ring (bicyclic) bond motifs is 1. The van der Waals surface area contributed by atoms with Gasteiger partial charge in [-0.25, -0.2) is 4.79 Å². The first-order chi connectivity index (χ1) is 16.1. The predicted molar refractivity (Wildman–Crippen MR) is 127 cm³/mol. The lowest BCUT2D eigenvalue weighted by molar-refractivity contribution is 0.251. The molecule has 1 saturated heterocycles. The number of epoxide rings is 1. The Hall–Kier alpha value is -3.65. The molecule has 5 rings (SSSR count). The maximum atomic E-state index is 12.0. The van der Waals surface area contributed by atoms with Crippen molar-refractivity contribution in [3.05, 3.63) is 53.7 Å². The van der Waals surface area contributed by atoms with Gasteiger partial charge in [0.25, 0.3) is 0 Å². The van der Waals surface area contributed by atoms with Gasteiger partial charge in [-0.2, -0.15) is 0 Å². The van der Waals surface area contributed by atoms with E-state index in [1.807, 2.05) is 43.3 Å². The van der Waals surface area contributed by atoms with Gasteiger partial charge in [-0.15, -0.1) is 0 Å². The number of amides is 2. The largest absolute Gasteiger partial charge is 0.490 e. The summed E-state index contributed by atoms with van der Waals surface area (Å²) < 4.78 is 17.4. The molecule has 2 aromatic carbocycles. The van der Waals surface area contributed by atoms with E-state index in [1.165, 1.54) is 0 Å². The third-order valence-corrected chi connectivity index (χ3v) is 5.51. The topological polar surface area (TPSA) is 97.4 Å². The Morgan fingerprint density at radius 1 is 1.24 bits per heavy atom. The van der Waals surface area contributed by atoms with Crippen LogP contribution in [0.2, 0.25) is 0 Å². The molecule has 2 N–H and O–H groups in total. The number of carbonyl (C=O) groups is 1. The minimum atomic E-state index is -0.175. The Balaban J connectivity index is 1.38. The number of rotatable bonds is 8. The van der Waals surface area contributed by atoms with Gasteiger partial charge in [-0.05, 0) is 55.7 Å². The van der Waals surface area contributed by atoms with Crippen LogP contribution in [0.3, 0.4) is 0 Å². The van der Waals surface area contributed by atoms with Crippen LogP contribution in [-0.2, 0) is 4.74 Å². The molecule has 2 amide bonds. The highest BCUT2D eigenvalue weighted by atomic mass is 16.6. The third-order valence-electron chi connectivity index (χ3n) is 5.51. The van der Waals surface area contributed by atoms with Crippen molar-refractivity contribution >= 4 is 28.8 Å². The highest BCUT2D eigenvalue weighted by molar-refractivity contribution is 5.95. The van der Waals surface area contributed by atoms with Crippen LogP contribution in [0.15, 0.2) is 47.6 Å². The van der Waals surface area contributed by atoms with E-state index in [2.05, 4.69) is 20.6 Å². The number of nitrogens with one attached hydrogen (secondary N) is 2. The standard InChI is InChI=1S/C25H26N4O4/c1-15-9-18(5-6-21(15)29-25(30)28-17-3-4-17)33-23-7-8-27-22-11-24(32-14-19-13-31-19)16(12-26-2)10-20(22)23/h5-12,17,19H,3-4,13-14H2,1-2H3,(H2,28,29,30). The summed E-state index contributed by atoms with van der Waals surface area (Å²) in [6, 6.07) is 11.4. The molecule has 2 aliphatic rings. The molecular weight excluding hydrogens is 420 g/mol. The second kappa shape index (κ2) is 9.07. The van der Waals surface area contributed by atoms with E-state index in [-0.39, 0.29) is 12.1 Å². The molecule has 8 heteroatoms. The Morgan fingerprint density at radius 2 is 2.09 bits per heavy atom. The number of anilines is 1. The fraction of sp³-hybridized carbons (Fsp3) is 0.320. The van der Waals surface area contributed by atoms with Gasteiger partial charge in [0, 0.05) is 48.2 Å². The van der Waals surface area contributed by atoms with Crippen molar-refractivity contribution in [1.29, 1.82) is 0 Å². The van der Waals surface area contributed by atoms with Crippen LogP contribution in [0.5, 0.6) is 17.2 Å². The number of carbonyl (C=O) groups excluding carboxylic acids is 1. The van der Waals surface area contributed by atoms with Crippen LogP contribution in [0.1, 0.15) is 24.0 Å². The number of aromatic nitrogens is 1. The van der Waals surface area contributed by atoms with Gasteiger partial charge < -0.3 is 24.8 Å². The Kier molecular flexibility index (Phi) is 5.83. The zero-order valence-electron chi connectivity index (χ0n) is 18.6. The van der Waals surface area contributed by atoms with Crippen molar-refractivity contribution < 1.29 is 19.0 Å². The molecule has 1 aromatic heterocycles. The van der Waals surface area contributed by atoms with Gasteiger partial charge >= 0.3 is 6.03 Å². The Morgan fingerprint density at radius 3 is 2.82 bits per heavy atom. The van der Waals surface area contributed by atoms with Gasteiger partial charge in [0.05, 0.1) is 12.1 Å². The average Bonchev–Trinajstić information content (AvgIpc) is 3.71. The van der Waals surface area contributed by atoms with Gasteiger partial charge in [-0.3, -0.25) is 9.98 Å². The zero-order valence-corrected chi connectivity index (χ0v) is 18.6. The fourth-order valence-electron chi connectivity index (χ4n) is 3.50. The molecule has 1 aliphatic heterocycles. The zero-order chi connectivity index (χ0) is 22.8. The molecule has 8 nitrogen and oxygen atoms in total. The molecule has 0 radical (unpaired) electrons. The number of benzene rings is 2. The minimum Gasteiger partial charge on any atom is -0.490 e. The summed E-state index contributed by atoms with van der Waals surface area (Å²) in [7, 11) is 1.72. The molecule has 3 aromatic rings. The quantitative estimate of drug-likeness (QED) is 0.394. The van der Waals surface area contributed by atoms with E-state index in [1.54, 1.807) is 19.5 Å². The van der Waals surface area contributed by atoms with Crippen LogP contribution < -0.4 is 20.1 Å². The first-order valence-electron chi connectivity index (χ1n) is 11.0. The lowest BCUT2D eigenvalue weighted by Crippen LogP contribution is -2.30. The van der Waals surface area contributed by atoms with Crippen LogP contribution in [0.4, 0.5) is 10.5 Å². The number of ether oxygens (including phenoxy) is 3. The first kappa shape index (κ1) is 21.2. The fourth-order valence-corrected chi connectivity index (χ4v) is 3.50. The number of hydrogen-bond donors (Lipinski definition) is 2. The van der Waals surface area contributed by atoms with Gasteiger partial charge in [0.1, 0.15) is 30.0 Å². The number of aliphatic imine (C=N–C) groups is 1. The Bertz CT molecular complexity index is 1220. The lowest BCUT2D eigenvalue weighted by Gasteiger charge is -2.14. The average molecular weight is 447 g/mol. The van der Waals surface area contributed by atoms with E-state index in [4.69, 9.17) is 14.2 Å². The number of urea groups is 1. The van der Waals surface area contributed by atoms with E-state index < -0.39 is 0 Å². The number of pyridine rings is 1. The van der Waals surface area contributed by atoms with Crippen molar-refractivity contribution in [3.63, 3.8) is 0 Å². The van der Waals surface area contributed by atoms with Crippen molar-refractivity contribution in [2.45, 2.75) is 31.9 Å².